The summed E-state index contributed by atoms with van der Waals surface area (Å²) in [5, 5.41) is 0.559. The van der Waals surface area contributed by atoms with Crippen molar-refractivity contribution in [3.63, 3.8) is 0 Å². The van der Waals surface area contributed by atoms with E-state index in [2.05, 4.69) is 40.8 Å². The normalized spacial score (nSPS) is 22.3. The van der Waals surface area contributed by atoms with Crippen LogP contribution in [-0.4, -0.2) is 59.5 Å². The van der Waals surface area contributed by atoms with Crippen molar-refractivity contribution in [3.05, 3.63) is 22.7 Å². The Kier molecular flexibility index (Phi) is 4.54. The molecule has 0 aromatic carbocycles. The maximum Gasteiger partial charge on any atom is 0.133 e. The van der Waals surface area contributed by atoms with E-state index in [-0.39, 0.29) is 0 Å². The third kappa shape index (κ3) is 3.40. The highest BCUT2D eigenvalue weighted by Crippen LogP contribution is 2.13. The number of rotatable bonds is 3. The quantitative estimate of drug-likeness (QED) is 0.778. The molecule has 0 radical (unpaired) electrons. The minimum Gasteiger partial charge on any atom is -0.304 e. The Morgan fingerprint density at radius 3 is 2.83 bits per heavy atom. The fourth-order valence-electron chi connectivity index (χ4n) is 2.32. The zero-order valence-corrected chi connectivity index (χ0v) is 12.1. The summed E-state index contributed by atoms with van der Waals surface area (Å²) in [6.45, 7) is 5.38. The summed E-state index contributed by atoms with van der Waals surface area (Å²) in [4.78, 5) is 13.7. The first-order valence-electron chi connectivity index (χ1n) is 6.49. The minimum absolute atomic E-state index is 0.479. The number of nitrogens with zero attached hydrogens (tertiary/aromatic N) is 4. The molecule has 100 valence electrons. The predicted octanol–water partition coefficient (Wildman–Crippen LogP) is 1.48. The molecule has 1 fully saturated rings. The average molecular weight is 269 g/mol. The van der Waals surface area contributed by atoms with Gasteiger partial charge in [0.1, 0.15) is 11.0 Å². The van der Waals surface area contributed by atoms with Crippen LogP contribution in [0.5, 0.6) is 0 Å². The molecule has 4 nitrogen and oxygen atoms in total. The molecule has 2 heterocycles. The van der Waals surface area contributed by atoms with E-state index in [1.807, 2.05) is 6.07 Å². The van der Waals surface area contributed by atoms with Crippen molar-refractivity contribution in [3.8, 4) is 0 Å². The van der Waals surface area contributed by atoms with E-state index in [4.69, 9.17) is 11.6 Å². The Labute approximate surface area is 114 Å². The van der Waals surface area contributed by atoms with Crippen LogP contribution in [0.2, 0.25) is 5.15 Å². The summed E-state index contributed by atoms with van der Waals surface area (Å²) in [7, 11) is 4.33. The molecule has 0 spiro atoms. The van der Waals surface area contributed by atoms with E-state index in [0.717, 1.165) is 44.0 Å². The molecule has 1 unspecified atom stereocenters. The highest BCUT2D eigenvalue weighted by molar-refractivity contribution is 6.29. The van der Waals surface area contributed by atoms with E-state index in [0.29, 0.717) is 11.2 Å². The topological polar surface area (TPSA) is 32.3 Å². The van der Waals surface area contributed by atoms with Crippen LogP contribution in [0.3, 0.4) is 0 Å². The summed E-state index contributed by atoms with van der Waals surface area (Å²) in [6.07, 6.45) is 1.77. The number of halogens is 1. The molecule has 2 rings (SSSR count). The van der Waals surface area contributed by atoms with Crippen LogP contribution in [0, 0.1) is 0 Å². The van der Waals surface area contributed by atoms with Gasteiger partial charge in [0.25, 0.3) is 0 Å². The fraction of sp³-hybridized carbons (Fsp3) is 0.692. The molecular weight excluding hydrogens is 248 g/mol. The number of hydrogen-bond acceptors (Lipinski definition) is 4. The van der Waals surface area contributed by atoms with Crippen LogP contribution in [0.25, 0.3) is 0 Å². The number of hydrogen-bond donors (Lipinski definition) is 0. The van der Waals surface area contributed by atoms with Gasteiger partial charge in [-0.2, -0.15) is 0 Å². The van der Waals surface area contributed by atoms with E-state index < -0.39 is 0 Å². The lowest BCUT2D eigenvalue weighted by Crippen LogP contribution is -2.51. The fourth-order valence-corrected chi connectivity index (χ4v) is 2.54. The number of aromatic nitrogens is 2. The second kappa shape index (κ2) is 5.95. The zero-order chi connectivity index (χ0) is 13.1. The lowest BCUT2D eigenvalue weighted by molar-refractivity contribution is 0.113. The van der Waals surface area contributed by atoms with Gasteiger partial charge in [-0.1, -0.05) is 18.5 Å². The van der Waals surface area contributed by atoms with Crippen molar-refractivity contribution in [2.45, 2.75) is 25.8 Å². The highest BCUT2D eigenvalue weighted by Gasteiger charge is 2.23. The maximum atomic E-state index is 6.04. The number of piperazine rings is 1. The van der Waals surface area contributed by atoms with Crippen molar-refractivity contribution < 1.29 is 0 Å². The van der Waals surface area contributed by atoms with E-state index in [1.54, 1.807) is 0 Å². The first-order chi connectivity index (χ1) is 8.58. The van der Waals surface area contributed by atoms with E-state index in [1.165, 1.54) is 0 Å². The maximum absolute atomic E-state index is 6.04. The summed E-state index contributed by atoms with van der Waals surface area (Å²) in [5.74, 6) is 0.867. The van der Waals surface area contributed by atoms with Gasteiger partial charge in [0, 0.05) is 37.8 Å². The SMILES string of the molecule is CCc1cc(Cl)nc(CC2CN(C)CCN2C)n1. The third-order valence-corrected chi connectivity index (χ3v) is 3.75. The van der Waals surface area contributed by atoms with Crippen molar-refractivity contribution in [2.24, 2.45) is 0 Å². The van der Waals surface area contributed by atoms with Gasteiger partial charge >= 0.3 is 0 Å². The Bertz CT molecular complexity index is 410. The van der Waals surface area contributed by atoms with Crippen LogP contribution in [0.1, 0.15) is 18.4 Å². The van der Waals surface area contributed by atoms with Crippen LogP contribution >= 0.6 is 11.6 Å². The lowest BCUT2D eigenvalue weighted by Gasteiger charge is -2.37. The highest BCUT2D eigenvalue weighted by atomic mass is 35.5. The average Bonchev–Trinajstić information content (AvgIpc) is 2.33. The van der Waals surface area contributed by atoms with Crippen LogP contribution < -0.4 is 0 Å². The van der Waals surface area contributed by atoms with Gasteiger partial charge in [-0.15, -0.1) is 0 Å². The van der Waals surface area contributed by atoms with Crippen molar-refractivity contribution >= 4 is 11.6 Å². The summed E-state index contributed by atoms with van der Waals surface area (Å²) < 4.78 is 0. The molecular formula is C13H21ClN4. The largest absolute Gasteiger partial charge is 0.304 e. The number of likely N-dealkylation sites (N-methyl/N-ethyl adjacent to an activating group) is 2. The monoisotopic (exact) mass is 268 g/mol. The lowest BCUT2D eigenvalue weighted by atomic mass is 10.1. The van der Waals surface area contributed by atoms with Gasteiger partial charge in [-0.25, -0.2) is 9.97 Å². The molecule has 5 heteroatoms. The smallest absolute Gasteiger partial charge is 0.133 e. The Morgan fingerprint density at radius 2 is 2.11 bits per heavy atom. The predicted molar refractivity (Wildman–Crippen MR) is 74.0 cm³/mol. The van der Waals surface area contributed by atoms with Gasteiger partial charge < -0.3 is 9.80 Å². The molecule has 18 heavy (non-hydrogen) atoms. The first-order valence-corrected chi connectivity index (χ1v) is 6.87. The van der Waals surface area contributed by atoms with Gasteiger partial charge in [-0.3, -0.25) is 0 Å². The van der Waals surface area contributed by atoms with Gasteiger partial charge in [0.05, 0.1) is 0 Å². The second-order valence-corrected chi connectivity index (χ2v) is 5.44. The molecule has 0 bridgehead atoms. The van der Waals surface area contributed by atoms with Crippen molar-refractivity contribution in [2.75, 3.05) is 33.7 Å². The van der Waals surface area contributed by atoms with Gasteiger partial charge in [0.15, 0.2) is 0 Å². The van der Waals surface area contributed by atoms with Gasteiger partial charge in [0.2, 0.25) is 0 Å². The van der Waals surface area contributed by atoms with Crippen LogP contribution in [0.15, 0.2) is 6.07 Å². The molecule has 1 atom stereocenters. The molecule has 0 saturated carbocycles. The van der Waals surface area contributed by atoms with Crippen molar-refractivity contribution in [1.29, 1.82) is 0 Å². The molecule has 0 aliphatic carbocycles. The molecule has 1 aliphatic heterocycles. The number of aryl methyl sites for hydroxylation is 1. The Balaban J connectivity index is 2.10. The zero-order valence-electron chi connectivity index (χ0n) is 11.4. The second-order valence-electron chi connectivity index (χ2n) is 5.05. The van der Waals surface area contributed by atoms with Gasteiger partial charge in [-0.05, 0) is 26.6 Å². The molecule has 1 aromatic rings. The minimum atomic E-state index is 0.479. The molecule has 0 amide bonds. The Morgan fingerprint density at radius 1 is 1.33 bits per heavy atom. The molecule has 1 aromatic heterocycles. The first kappa shape index (κ1) is 13.7. The standard InChI is InChI=1S/C13H21ClN4/c1-4-10-7-12(14)16-13(15-10)8-11-9-17(2)5-6-18(11)3/h7,11H,4-6,8-9H2,1-3H3. The van der Waals surface area contributed by atoms with Crippen LogP contribution in [-0.2, 0) is 12.8 Å². The molecule has 1 aliphatic rings. The van der Waals surface area contributed by atoms with Crippen molar-refractivity contribution in [1.82, 2.24) is 19.8 Å². The van der Waals surface area contributed by atoms with Crippen LogP contribution in [0.4, 0.5) is 0 Å². The summed E-state index contributed by atoms with van der Waals surface area (Å²) in [5.41, 5.74) is 1.02. The van der Waals surface area contributed by atoms with E-state index in [9.17, 15) is 0 Å². The summed E-state index contributed by atoms with van der Waals surface area (Å²) in [6, 6.07) is 2.33. The summed E-state index contributed by atoms with van der Waals surface area (Å²) >= 11 is 6.04. The molecule has 1 saturated heterocycles. The third-order valence-electron chi connectivity index (χ3n) is 3.55. The molecule has 0 N–H and O–H groups in total. The van der Waals surface area contributed by atoms with E-state index >= 15 is 0 Å². The Hall–Kier alpha value is -0.710.